The Morgan fingerprint density at radius 2 is 2.21 bits per heavy atom. The van der Waals surface area contributed by atoms with Gasteiger partial charge in [0.05, 0.1) is 30.9 Å². The van der Waals surface area contributed by atoms with Crippen LogP contribution in [0.25, 0.3) is 11.0 Å². The van der Waals surface area contributed by atoms with Crippen molar-refractivity contribution >= 4 is 22.9 Å². The van der Waals surface area contributed by atoms with Crippen LogP contribution in [0, 0.1) is 0 Å². The second-order valence-electron chi connectivity index (χ2n) is 6.16. The molecule has 1 atom stereocenters. The SMILES string of the molecule is CC(C)n1ncc2cc(C(=O)N3CCOC(CC(=O)O)C3)cnc21. The first-order valence-corrected chi connectivity index (χ1v) is 7.91. The van der Waals surface area contributed by atoms with Gasteiger partial charge in [0.15, 0.2) is 5.65 Å². The van der Waals surface area contributed by atoms with Crippen molar-refractivity contribution in [3.8, 4) is 0 Å². The molecule has 2 aromatic rings. The first-order chi connectivity index (χ1) is 11.5. The molecule has 3 rings (SSSR count). The summed E-state index contributed by atoms with van der Waals surface area (Å²) in [7, 11) is 0. The van der Waals surface area contributed by atoms with Crippen LogP contribution in [-0.4, -0.2) is 62.4 Å². The van der Waals surface area contributed by atoms with E-state index in [0.717, 1.165) is 11.0 Å². The second kappa shape index (κ2) is 6.56. The highest BCUT2D eigenvalue weighted by Gasteiger charge is 2.27. The molecular formula is C16H20N4O4. The summed E-state index contributed by atoms with van der Waals surface area (Å²) in [6.07, 6.45) is 2.67. The molecule has 1 N–H and O–H groups in total. The molecule has 24 heavy (non-hydrogen) atoms. The number of pyridine rings is 1. The van der Waals surface area contributed by atoms with E-state index in [4.69, 9.17) is 9.84 Å². The number of nitrogens with zero attached hydrogens (tertiary/aromatic N) is 4. The molecule has 1 aliphatic rings. The zero-order chi connectivity index (χ0) is 17.3. The Bertz CT molecular complexity index is 771. The van der Waals surface area contributed by atoms with Gasteiger partial charge in [0.1, 0.15) is 0 Å². The van der Waals surface area contributed by atoms with Gasteiger partial charge in [0, 0.05) is 30.7 Å². The van der Waals surface area contributed by atoms with Crippen LogP contribution in [0.3, 0.4) is 0 Å². The maximum Gasteiger partial charge on any atom is 0.306 e. The van der Waals surface area contributed by atoms with Gasteiger partial charge >= 0.3 is 5.97 Å². The van der Waals surface area contributed by atoms with Crippen molar-refractivity contribution in [1.29, 1.82) is 0 Å². The summed E-state index contributed by atoms with van der Waals surface area (Å²) in [4.78, 5) is 29.5. The molecule has 3 heterocycles. The zero-order valence-electron chi connectivity index (χ0n) is 13.7. The van der Waals surface area contributed by atoms with Gasteiger partial charge in [-0.15, -0.1) is 0 Å². The number of morpholine rings is 1. The van der Waals surface area contributed by atoms with E-state index in [2.05, 4.69) is 10.1 Å². The second-order valence-corrected chi connectivity index (χ2v) is 6.16. The summed E-state index contributed by atoms with van der Waals surface area (Å²) in [5, 5.41) is 14.0. The fraction of sp³-hybridized carbons (Fsp3) is 0.500. The third kappa shape index (κ3) is 3.23. The van der Waals surface area contributed by atoms with E-state index in [0.29, 0.717) is 18.7 Å². The third-order valence-corrected chi connectivity index (χ3v) is 4.00. The quantitative estimate of drug-likeness (QED) is 0.907. The van der Waals surface area contributed by atoms with Crippen LogP contribution in [0.1, 0.15) is 36.7 Å². The molecule has 2 aromatic heterocycles. The van der Waals surface area contributed by atoms with Gasteiger partial charge in [-0.1, -0.05) is 0 Å². The maximum atomic E-state index is 12.7. The van der Waals surface area contributed by atoms with E-state index in [1.807, 2.05) is 13.8 Å². The molecule has 0 aromatic carbocycles. The monoisotopic (exact) mass is 332 g/mol. The third-order valence-electron chi connectivity index (χ3n) is 4.00. The maximum absolute atomic E-state index is 12.7. The molecule has 0 bridgehead atoms. The normalized spacial score (nSPS) is 18.3. The van der Waals surface area contributed by atoms with Crippen molar-refractivity contribution in [2.45, 2.75) is 32.4 Å². The number of carboxylic acids is 1. The molecule has 8 heteroatoms. The standard InChI is InChI=1S/C16H20N4O4/c1-10(2)20-15-11(8-18-20)5-12(7-17-15)16(23)19-3-4-24-13(9-19)6-14(21)22/h5,7-8,10,13H,3-4,6,9H2,1-2H3,(H,21,22). The number of carbonyl (C=O) groups is 2. The Labute approximate surface area is 139 Å². The highest BCUT2D eigenvalue weighted by molar-refractivity contribution is 5.97. The number of carboxylic acid groups (broad SMARTS) is 1. The van der Waals surface area contributed by atoms with E-state index in [1.54, 1.807) is 28.0 Å². The Morgan fingerprint density at radius 3 is 2.92 bits per heavy atom. The summed E-state index contributed by atoms with van der Waals surface area (Å²) in [6.45, 7) is 5.09. The summed E-state index contributed by atoms with van der Waals surface area (Å²) < 4.78 is 7.21. The van der Waals surface area contributed by atoms with Crippen LogP contribution in [0.15, 0.2) is 18.5 Å². The molecule has 0 aliphatic carbocycles. The van der Waals surface area contributed by atoms with Gasteiger partial charge in [-0.2, -0.15) is 5.10 Å². The van der Waals surface area contributed by atoms with Gasteiger partial charge in [0.25, 0.3) is 5.91 Å². The van der Waals surface area contributed by atoms with Crippen molar-refractivity contribution in [1.82, 2.24) is 19.7 Å². The fourth-order valence-electron chi connectivity index (χ4n) is 2.84. The van der Waals surface area contributed by atoms with Crippen LogP contribution < -0.4 is 0 Å². The summed E-state index contributed by atoms with van der Waals surface area (Å²) in [5.74, 6) is -1.10. The van der Waals surface area contributed by atoms with Gasteiger partial charge in [-0.3, -0.25) is 9.59 Å². The smallest absolute Gasteiger partial charge is 0.306 e. The predicted molar refractivity (Wildman–Crippen MR) is 85.8 cm³/mol. The minimum Gasteiger partial charge on any atom is -0.481 e. The largest absolute Gasteiger partial charge is 0.481 e. The van der Waals surface area contributed by atoms with Crippen molar-refractivity contribution in [3.05, 3.63) is 24.0 Å². The predicted octanol–water partition coefficient (Wildman–Crippen LogP) is 1.33. The first-order valence-electron chi connectivity index (χ1n) is 7.91. The summed E-state index contributed by atoms with van der Waals surface area (Å²) in [5.41, 5.74) is 1.22. The van der Waals surface area contributed by atoms with E-state index in [1.165, 1.54) is 0 Å². The van der Waals surface area contributed by atoms with E-state index in [9.17, 15) is 9.59 Å². The number of aliphatic carboxylic acids is 1. The van der Waals surface area contributed by atoms with Crippen LogP contribution in [0.4, 0.5) is 0 Å². The number of rotatable bonds is 4. The Kier molecular flexibility index (Phi) is 4.48. The minimum atomic E-state index is -0.932. The van der Waals surface area contributed by atoms with E-state index < -0.39 is 12.1 Å². The average Bonchev–Trinajstić information content (AvgIpc) is 2.97. The molecule has 0 saturated carbocycles. The van der Waals surface area contributed by atoms with E-state index in [-0.39, 0.29) is 24.9 Å². The molecular weight excluding hydrogens is 312 g/mol. The summed E-state index contributed by atoms with van der Waals surface area (Å²) >= 11 is 0. The van der Waals surface area contributed by atoms with Crippen molar-refractivity contribution in [3.63, 3.8) is 0 Å². The molecule has 1 aliphatic heterocycles. The van der Waals surface area contributed by atoms with Crippen molar-refractivity contribution in [2.75, 3.05) is 19.7 Å². The van der Waals surface area contributed by atoms with Crippen LogP contribution in [0.2, 0.25) is 0 Å². The van der Waals surface area contributed by atoms with E-state index >= 15 is 0 Å². The average molecular weight is 332 g/mol. The van der Waals surface area contributed by atoms with Gasteiger partial charge < -0.3 is 14.7 Å². The minimum absolute atomic E-state index is 0.109. The van der Waals surface area contributed by atoms with Crippen molar-refractivity contribution < 1.29 is 19.4 Å². The summed E-state index contributed by atoms with van der Waals surface area (Å²) in [6, 6.07) is 1.96. The fourth-order valence-corrected chi connectivity index (χ4v) is 2.84. The lowest BCUT2D eigenvalue weighted by Crippen LogP contribution is -2.46. The molecule has 1 amide bonds. The zero-order valence-corrected chi connectivity index (χ0v) is 13.7. The lowest BCUT2D eigenvalue weighted by atomic mass is 10.1. The molecule has 1 unspecified atom stereocenters. The Morgan fingerprint density at radius 1 is 1.42 bits per heavy atom. The molecule has 128 valence electrons. The number of hydrogen-bond acceptors (Lipinski definition) is 5. The molecule has 8 nitrogen and oxygen atoms in total. The molecule has 0 spiro atoms. The van der Waals surface area contributed by atoms with Gasteiger partial charge in [-0.05, 0) is 19.9 Å². The Balaban J connectivity index is 1.79. The molecule has 1 fully saturated rings. The lowest BCUT2D eigenvalue weighted by molar-refractivity contribution is -0.141. The van der Waals surface area contributed by atoms with Gasteiger partial charge in [0.2, 0.25) is 0 Å². The molecule has 1 saturated heterocycles. The number of fused-ring (bicyclic) bond motifs is 1. The number of amides is 1. The van der Waals surface area contributed by atoms with Crippen LogP contribution in [-0.2, 0) is 9.53 Å². The van der Waals surface area contributed by atoms with Crippen LogP contribution >= 0.6 is 0 Å². The highest BCUT2D eigenvalue weighted by Crippen LogP contribution is 2.19. The first kappa shape index (κ1) is 16.4. The van der Waals surface area contributed by atoms with Gasteiger partial charge in [-0.25, -0.2) is 9.67 Å². The lowest BCUT2D eigenvalue weighted by Gasteiger charge is -2.32. The number of aromatic nitrogens is 3. The number of hydrogen-bond donors (Lipinski definition) is 1. The number of ether oxygens (including phenoxy) is 1. The Hall–Kier alpha value is -2.48. The topological polar surface area (TPSA) is 97.6 Å². The molecule has 0 radical (unpaired) electrons. The van der Waals surface area contributed by atoms with Crippen LogP contribution in [0.5, 0.6) is 0 Å². The van der Waals surface area contributed by atoms with Crippen molar-refractivity contribution in [2.24, 2.45) is 0 Å². The number of carbonyl (C=O) groups excluding carboxylic acids is 1. The highest BCUT2D eigenvalue weighted by atomic mass is 16.5.